The summed E-state index contributed by atoms with van der Waals surface area (Å²) < 4.78 is 11.1. The first-order valence-corrected chi connectivity index (χ1v) is 10.8. The van der Waals surface area contributed by atoms with Gasteiger partial charge in [-0.05, 0) is 61.6 Å². The van der Waals surface area contributed by atoms with Crippen LogP contribution in [0.5, 0.6) is 5.75 Å². The van der Waals surface area contributed by atoms with Crippen LogP contribution in [-0.2, 0) is 4.79 Å². The number of furan rings is 1. The lowest BCUT2D eigenvalue weighted by molar-refractivity contribution is -0.137. The molecular formula is C24H30N2O4. The number of hydrogen-bond acceptors (Lipinski definition) is 4. The summed E-state index contributed by atoms with van der Waals surface area (Å²) in [4.78, 5) is 29.6. The summed E-state index contributed by atoms with van der Waals surface area (Å²) in [6.45, 7) is 6.11. The quantitative estimate of drug-likeness (QED) is 0.762. The number of hydrogen-bond donors (Lipinski definition) is 0. The maximum absolute atomic E-state index is 13.3. The maximum Gasteiger partial charge on any atom is 0.289 e. The van der Waals surface area contributed by atoms with Crippen LogP contribution >= 0.6 is 0 Å². The molecule has 1 aromatic carbocycles. The van der Waals surface area contributed by atoms with E-state index in [1.165, 1.54) is 0 Å². The zero-order valence-corrected chi connectivity index (χ0v) is 18.0. The fourth-order valence-corrected chi connectivity index (χ4v) is 4.73. The van der Waals surface area contributed by atoms with E-state index in [2.05, 4.69) is 0 Å². The Kier molecular flexibility index (Phi) is 5.84. The molecule has 2 saturated heterocycles. The minimum absolute atomic E-state index is 0.0161. The van der Waals surface area contributed by atoms with Gasteiger partial charge in [0.05, 0.1) is 7.11 Å². The van der Waals surface area contributed by atoms with Gasteiger partial charge in [-0.3, -0.25) is 9.59 Å². The summed E-state index contributed by atoms with van der Waals surface area (Å²) >= 11 is 0. The summed E-state index contributed by atoms with van der Waals surface area (Å²) in [5.74, 6) is 2.36. The number of piperidine rings is 2. The Bertz CT molecular complexity index is 902. The highest BCUT2D eigenvalue weighted by Crippen LogP contribution is 2.33. The lowest BCUT2D eigenvalue weighted by Crippen LogP contribution is -2.57. The Morgan fingerprint density at radius 1 is 1.07 bits per heavy atom. The number of carbonyl (C=O) groups excluding carboxylic acids is 2. The van der Waals surface area contributed by atoms with Crippen molar-refractivity contribution >= 4 is 11.8 Å². The largest absolute Gasteiger partial charge is 0.497 e. The molecule has 4 rings (SSSR count). The number of fused-ring (bicyclic) bond motifs is 1. The molecule has 2 atom stereocenters. The van der Waals surface area contributed by atoms with Crippen molar-refractivity contribution in [1.29, 1.82) is 0 Å². The molecular weight excluding hydrogens is 380 g/mol. The Hall–Kier alpha value is -2.76. The van der Waals surface area contributed by atoms with Crippen LogP contribution in [0.4, 0.5) is 0 Å². The second-order valence-corrected chi connectivity index (χ2v) is 8.59. The monoisotopic (exact) mass is 410 g/mol. The molecule has 3 heterocycles. The second-order valence-electron chi connectivity index (χ2n) is 8.59. The van der Waals surface area contributed by atoms with E-state index >= 15 is 0 Å². The Morgan fingerprint density at radius 3 is 2.53 bits per heavy atom. The van der Waals surface area contributed by atoms with Crippen LogP contribution < -0.4 is 4.74 Å². The first-order chi connectivity index (χ1) is 14.5. The van der Waals surface area contributed by atoms with Crippen LogP contribution in [0.25, 0.3) is 11.3 Å². The van der Waals surface area contributed by atoms with E-state index in [0.29, 0.717) is 17.4 Å². The lowest BCUT2D eigenvalue weighted by Gasteiger charge is -2.47. The summed E-state index contributed by atoms with van der Waals surface area (Å²) in [6, 6.07) is 11.4. The van der Waals surface area contributed by atoms with Gasteiger partial charge < -0.3 is 19.0 Å². The fourth-order valence-electron chi connectivity index (χ4n) is 4.73. The highest BCUT2D eigenvalue weighted by Gasteiger charge is 2.40. The number of likely N-dealkylation sites (tertiary alicyclic amines) is 2. The van der Waals surface area contributed by atoms with Gasteiger partial charge in [0, 0.05) is 37.2 Å². The minimum atomic E-state index is -0.0481. The lowest BCUT2D eigenvalue weighted by atomic mass is 9.83. The van der Waals surface area contributed by atoms with Gasteiger partial charge in [0.2, 0.25) is 5.91 Å². The van der Waals surface area contributed by atoms with E-state index in [0.717, 1.165) is 50.2 Å². The number of ether oxygens (including phenoxy) is 1. The summed E-state index contributed by atoms with van der Waals surface area (Å²) in [7, 11) is 1.63. The number of benzene rings is 1. The van der Waals surface area contributed by atoms with Gasteiger partial charge >= 0.3 is 0 Å². The molecule has 0 aliphatic carbocycles. The van der Waals surface area contributed by atoms with Crippen LogP contribution in [0.1, 0.15) is 43.7 Å². The van der Waals surface area contributed by atoms with E-state index in [-0.39, 0.29) is 23.8 Å². The first kappa shape index (κ1) is 20.5. The zero-order chi connectivity index (χ0) is 21.3. The molecule has 2 amide bonds. The van der Waals surface area contributed by atoms with E-state index < -0.39 is 0 Å². The number of methoxy groups -OCH3 is 1. The van der Waals surface area contributed by atoms with Crippen molar-refractivity contribution in [2.24, 2.45) is 11.8 Å². The predicted octanol–water partition coefficient (Wildman–Crippen LogP) is 4.06. The molecule has 30 heavy (non-hydrogen) atoms. The molecule has 0 saturated carbocycles. The van der Waals surface area contributed by atoms with Crippen LogP contribution in [0.2, 0.25) is 0 Å². The molecule has 1 aromatic heterocycles. The van der Waals surface area contributed by atoms with Crippen LogP contribution in [0, 0.1) is 11.8 Å². The summed E-state index contributed by atoms with van der Waals surface area (Å²) in [5, 5.41) is 0. The minimum Gasteiger partial charge on any atom is -0.497 e. The van der Waals surface area contributed by atoms with Crippen molar-refractivity contribution < 1.29 is 18.7 Å². The Morgan fingerprint density at radius 2 is 1.83 bits per heavy atom. The molecule has 2 fully saturated rings. The van der Waals surface area contributed by atoms with Crippen molar-refractivity contribution in [3.63, 3.8) is 0 Å². The maximum atomic E-state index is 13.3. The van der Waals surface area contributed by atoms with Gasteiger partial charge in [-0.25, -0.2) is 0 Å². The summed E-state index contributed by atoms with van der Waals surface area (Å²) in [6.07, 6.45) is 2.86. The van der Waals surface area contributed by atoms with E-state index in [1.54, 1.807) is 13.2 Å². The second kappa shape index (κ2) is 8.54. The van der Waals surface area contributed by atoms with Crippen molar-refractivity contribution in [3.05, 3.63) is 42.2 Å². The molecule has 0 radical (unpaired) electrons. The van der Waals surface area contributed by atoms with Crippen molar-refractivity contribution in [2.75, 3.05) is 26.7 Å². The SMILES string of the molecule is COc1ccc(-c2ccc(C(=O)N3CCC[C@@H]4CN(C(=O)C(C)C)CC[C@H]43)o2)cc1. The topological polar surface area (TPSA) is 63.0 Å². The number of rotatable bonds is 4. The smallest absolute Gasteiger partial charge is 0.289 e. The zero-order valence-electron chi connectivity index (χ0n) is 18.0. The third-order valence-electron chi connectivity index (χ3n) is 6.33. The van der Waals surface area contributed by atoms with Gasteiger partial charge in [-0.2, -0.15) is 0 Å². The molecule has 6 heteroatoms. The molecule has 0 bridgehead atoms. The normalized spacial score (nSPS) is 21.5. The Balaban J connectivity index is 1.47. The standard InChI is InChI=1S/C24H30N2O4/c1-16(2)23(27)25-14-12-20-18(15-25)5-4-13-26(20)24(28)22-11-10-21(30-22)17-6-8-19(29-3)9-7-17/h6-11,16,18,20H,4-5,12-15H2,1-3H3/t18-,20-/m1/s1. The Labute approximate surface area is 177 Å². The molecule has 2 aromatic rings. The molecule has 160 valence electrons. The first-order valence-electron chi connectivity index (χ1n) is 10.8. The highest BCUT2D eigenvalue weighted by molar-refractivity contribution is 5.92. The van der Waals surface area contributed by atoms with Gasteiger partial charge in [-0.15, -0.1) is 0 Å². The molecule has 0 N–H and O–H groups in total. The number of carbonyl (C=O) groups is 2. The van der Waals surface area contributed by atoms with E-state index in [9.17, 15) is 9.59 Å². The highest BCUT2D eigenvalue weighted by atomic mass is 16.5. The summed E-state index contributed by atoms with van der Waals surface area (Å²) in [5.41, 5.74) is 0.909. The number of nitrogens with zero attached hydrogens (tertiary/aromatic N) is 2. The molecule has 2 aliphatic heterocycles. The third kappa shape index (κ3) is 3.95. The average Bonchev–Trinajstić information content (AvgIpc) is 3.27. The van der Waals surface area contributed by atoms with E-state index in [1.807, 2.05) is 54.0 Å². The number of amides is 2. The molecule has 0 spiro atoms. The van der Waals surface area contributed by atoms with Crippen molar-refractivity contribution in [3.8, 4) is 17.1 Å². The van der Waals surface area contributed by atoms with Gasteiger partial charge in [0.25, 0.3) is 5.91 Å². The van der Waals surface area contributed by atoms with Crippen molar-refractivity contribution in [2.45, 2.75) is 39.2 Å². The van der Waals surface area contributed by atoms with Gasteiger partial charge in [0.15, 0.2) is 5.76 Å². The third-order valence-corrected chi connectivity index (χ3v) is 6.33. The molecule has 0 unspecified atom stereocenters. The van der Waals surface area contributed by atoms with Gasteiger partial charge in [-0.1, -0.05) is 13.8 Å². The van der Waals surface area contributed by atoms with Crippen molar-refractivity contribution in [1.82, 2.24) is 9.80 Å². The van der Waals surface area contributed by atoms with Gasteiger partial charge in [0.1, 0.15) is 11.5 Å². The van der Waals surface area contributed by atoms with Crippen LogP contribution in [-0.4, -0.2) is 54.4 Å². The fraction of sp³-hybridized carbons (Fsp3) is 0.500. The van der Waals surface area contributed by atoms with Crippen LogP contribution in [0.15, 0.2) is 40.8 Å². The molecule has 6 nitrogen and oxygen atoms in total. The van der Waals surface area contributed by atoms with E-state index in [4.69, 9.17) is 9.15 Å². The predicted molar refractivity (Wildman–Crippen MR) is 114 cm³/mol. The molecule has 2 aliphatic rings. The van der Waals surface area contributed by atoms with Crippen LogP contribution in [0.3, 0.4) is 0 Å². The average molecular weight is 411 g/mol.